The third kappa shape index (κ3) is 5.41. The number of hydrogen-bond acceptors (Lipinski definition) is 5. The summed E-state index contributed by atoms with van der Waals surface area (Å²) in [4.78, 5) is 23.3. The van der Waals surface area contributed by atoms with Gasteiger partial charge in [-0.05, 0) is 44.2 Å². The normalized spacial score (nSPS) is 10.1. The van der Waals surface area contributed by atoms with Crippen molar-refractivity contribution in [3.05, 3.63) is 48.0 Å². The fourth-order valence-corrected chi connectivity index (χ4v) is 2.21. The second kappa shape index (κ2) is 9.31. The van der Waals surface area contributed by atoms with Crippen LogP contribution < -0.4 is 25.3 Å². The standard InChI is InChI=1S/C19H22N2O5/c1-3-24-16-9-8-13(10-17(16)25-4-2)19(23)21-14-6-5-7-15(11-14)26-12-18(20)22/h5-11H,3-4,12H2,1-2H3,(H2,20,22)(H,21,23). The molecule has 0 aliphatic rings. The number of benzene rings is 2. The van der Waals surface area contributed by atoms with Crippen molar-refractivity contribution < 1.29 is 23.8 Å². The molecule has 3 N–H and O–H groups in total. The van der Waals surface area contributed by atoms with Crippen LogP contribution in [0.5, 0.6) is 17.2 Å². The zero-order valence-electron chi connectivity index (χ0n) is 14.8. The van der Waals surface area contributed by atoms with Gasteiger partial charge in [0.15, 0.2) is 18.1 Å². The third-order valence-corrected chi connectivity index (χ3v) is 3.28. The number of nitrogens with one attached hydrogen (secondary N) is 1. The Balaban J connectivity index is 2.13. The summed E-state index contributed by atoms with van der Waals surface area (Å²) >= 11 is 0. The summed E-state index contributed by atoms with van der Waals surface area (Å²) < 4.78 is 16.3. The summed E-state index contributed by atoms with van der Waals surface area (Å²) in [6.45, 7) is 4.48. The van der Waals surface area contributed by atoms with Gasteiger partial charge in [0.05, 0.1) is 13.2 Å². The third-order valence-electron chi connectivity index (χ3n) is 3.28. The Bertz CT molecular complexity index is 776. The summed E-state index contributed by atoms with van der Waals surface area (Å²) in [5.41, 5.74) is 6.01. The fourth-order valence-electron chi connectivity index (χ4n) is 2.21. The largest absolute Gasteiger partial charge is 0.490 e. The van der Waals surface area contributed by atoms with Crippen LogP contribution in [0.15, 0.2) is 42.5 Å². The van der Waals surface area contributed by atoms with Crippen molar-refractivity contribution in [2.24, 2.45) is 5.73 Å². The molecule has 0 aliphatic heterocycles. The molecule has 2 rings (SSSR count). The lowest BCUT2D eigenvalue weighted by molar-refractivity contribution is -0.119. The second-order valence-electron chi connectivity index (χ2n) is 5.26. The Kier molecular flexibility index (Phi) is 6.84. The molecule has 0 spiro atoms. The van der Waals surface area contributed by atoms with Crippen LogP contribution in [0.25, 0.3) is 0 Å². The number of carbonyl (C=O) groups excluding carboxylic acids is 2. The summed E-state index contributed by atoms with van der Waals surface area (Å²) in [5, 5.41) is 2.78. The molecule has 0 aromatic heterocycles. The Morgan fingerprint density at radius 1 is 0.962 bits per heavy atom. The zero-order chi connectivity index (χ0) is 18.9. The first-order chi connectivity index (χ1) is 12.5. The maximum absolute atomic E-state index is 12.5. The lowest BCUT2D eigenvalue weighted by atomic mass is 10.1. The van der Waals surface area contributed by atoms with Crippen LogP contribution in [0.2, 0.25) is 0 Å². The van der Waals surface area contributed by atoms with Crippen LogP contribution in [-0.2, 0) is 4.79 Å². The molecule has 2 aromatic rings. The molecule has 7 nitrogen and oxygen atoms in total. The van der Waals surface area contributed by atoms with Crippen molar-refractivity contribution >= 4 is 17.5 Å². The van der Waals surface area contributed by atoms with E-state index in [1.165, 1.54) is 0 Å². The van der Waals surface area contributed by atoms with Gasteiger partial charge in [0.1, 0.15) is 5.75 Å². The Hall–Kier alpha value is -3.22. The van der Waals surface area contributed by atoms with Crippen LogP contribution in [0.4, 0.5) is 5.69 Å². The van der Waals surface area contributed by atoms with Crippen LogP contribution >= 0.6 is 0 Å². The van der Waals surface area contributed by atoms with E-state index in [4.69, 9.17) is 19.9 Å². The van der Waals surface area contributed by atoms with Gasteiger partial charge in [0.25, 0.3) is 11.8 Å². The first-order valence-electron chi connectivity index (χ1n) is 8.25. The Morgan fingerprint density at radius 2 is 1.69 bits per heavy atom. The van der Waals surface area contributed by atoms with Gasteiger partial charge in [0, 0.05) is 17.3 Å². The summed E-state index contributed by atoms with van der Waals surface area (Å²) in [6.07, 6.45) is 0. The number of carbonyl (C=O) groups is 2. The van der Waals surface area contributed by atoms with E-state index in [9.17, 15) is 9.59 Å². The zero-order valence-corrected chi connectivity index (χ0v) is 14.8. The Labute approximate surface area is 152 Å². The molecular weight excluding hydrogens is 336 g/mol. The van der Waals surface area contributed by atoms with Gasteiger partial charge < -0.3 is 25.3 Å². The molecule has 0 aliphatic carbocycles. The highest BCUT2D eigenvalue weighted by Gasteiger charge is 2.12. The minimum absolute atomic E-state index is 0.228. The molecule has 0 saturated heterocycles. The fraction of sp³-hybridized carbons (Fsp3) is 0.263. The molecule has 2 amide bonds. The molecule has 138 valence electrons. The van der Waals surface area contributed by atoms with Gasteiger partial charge in [-0.25, -0.2) is 0 Å². The van der Waals surface area contributed by atoms with Crippen LogP contribution in [0.1, 0.15) is 24.2 Å². The topological polar surface area (TPSA) is 99.9 Å². The van der Waals surface area contributed by atoms with E-state index in [0.717, 1.165) is 0 Å². The van der Waals surface area contributed by atoms with Crippen LogP contribution in [-0.4, -0.2) is 31.6 Å². The molecule has 0 radical (unpaired) electrons. The predicted molar refractivity (Wildman–Crippen MR) is 97.9 cm³/mol. The quantitative estimate of drug-likeness (QED) is 0.718. The second-order valence-corrected chi connectivity index (χ2v) is 5.26. The lowest BCUT2D eigenvalue weighted by Gasteiger charge is -2.13. The molecular formula is C19H22N2O5. The number of amides is 2. The van der Waals surface area contributed by atoms with E-state index < -0.39 is 5.91 Å². The monoisotopic (exact) mass is 358 g/mol. The summed E-state index contributed by atoms with van der Waals surface area (Å²) in [6, 6.07) is 11.7. The van der Waals surface area contributed by atoms with Gasteiger partial charge in [0.2, 0.25) is 0 Å². The van der Waals surface area contributed by atoms with E-state index >= 15 is 0 Å². The van der Waals surface area contributed by atoms with E-state index in [0.29, 0.717) is 41.7 Å². The van der Waals surface area contributed by atoms with Gasteiger partial charge in [-0.1, -0.05) is 6.07 Å². The van der Waals surface area contributed by atoms with E-state index in [1.807, 2.05) is 13.8 Å². The predicted octanol–water partition coefficient (Wildman–Crippen LogP) is 2.60. The van der Waals surface area contributed by atoms with Crippen LogP contribution in [0.3, 0.4) is 0 Å². The summed E-state index contributed by atoms with van der Waals surface area (Å²) in [5.74, 6) is 0.662. The molecule has 2 aromatic carbocycles. The molecule has 0 fully saturated rings. The smallest absolute Gasteiger partial charge is 0.255 e. The molecule has 7 heteroatoms. The summed E-state index contributed by atoms with van der Waals surface area (Å²) in [7, 11) is 0. The molecule has 0 bridgehead atoms. The first-order valence-corrected chi connectivity index (χ1v) is 8.25. The minimum Gasteiger partial charge on any atom is -0.490 e. The molecule has 0 unspecified atom stereocenters. The molecule has 0 heterocycles. The van der Waals surface area contributed by atoms with Gasteiger partial charge >= 0.3 is 0 Å². The van der Waals surface area contributed by atoms with Gasteiger partial charge in [-0.3, -0.25) is 9.59 Å². The van der Waals surface area contributed by atoms with Crippen molar-refractivity contribution in [2.45, 2.75) is 13.8 Å². The average Bonchev–Trinajstić information content (AvgIpc) is 2.62. The highest BCUT2D eigenvalue weighted by atomic mass is 16.5. The first kappa shape index (κ1) is 19.1. The van der Waals surface area contributed by atoms with Crippen molar-refractivity contribution in [1.29, 1.82) is 0 Å². The number of hydrogen-bond donors (Lipinski definition) is 2. The highest BCUT2D eigenvalue weighted by Crippen LogP contribution is 2.29. The molecule has 0 atom stereocenters. The average molecular weight is 358 g/mol. The maximum atomic E-state index is 12.5. The number of primary amides is 1. The maximum Gasteiger partial charge on any atom is 0.255 e. The molecule has 0 saturated carbocycles. The number of anilines is 1. The number of ether oxygens (including phenoxy) is 3. The highest BCUT2D eigenvalue weighted by molar-refractivity contribution is 6.04. The number of rotatable bonds is 9. The van der Waals surface area contributed by atoms with Crippen molar-refractivity contribution in [3.63, 3.8) is 0 Å². The lowest BCUT2D eigenvalue weighted by Crippen LogP contribution is -2.20. The van der Waals surface area contributed by atoms with E-state index in [-0.39, 0.29) is 12.5 Å². The van der Waals surface area contributed by atoms with Crippen molar-refractivity contribution in [2.75, 3.05) is 25.1 Å². The minimum atomic E-state index is -0.572. The van der Waals surface area contributed by atoms with Crippen molar-refractivity contribution in [3.8, 4) is 17.2 Å². The van der Waals surface area contributed by atoms with Gasteiger partial charge in [-0.2, -0.15) is 0 Å². The van der Waals surface area contributed by atoms with Crippen molar-refractivity contribution in [1.82, 2.24) is 0 Å². The van der Waals surface area contributed by atoms with Crippen LogP contribution in [0, 0.1) is 0 Å². The Morgan fingerprint density at radius 3 is 2.38 bits per heavy atom. The molecule has 26 heavy (non-hydrogen) atoms. The SMILES string of the molecule is CCOc1ccc(C(=O)Nc2cccc(OCC(N)=O)c2)cc1OCC. The van der Waals surface area contributed by atoms with Gasteiger partial charge in [-0.15, -0.1) is 0 Å². The number of nitrogens with two attached hydrogens (primary N) is 1. The van der Waals surface area contributed by atoms with E-state index in [1.54, 1.807) is 42.5 Å². The van der Waals surface area contributed by atoms with E-state index in [2.05, 4.69) is 5.32 Å².